The minimum Gasteiger partial charge on any atom is -0.353 e. The van der Waals surface area contributed by atoms with Crippen molar-refractivity contribution in [1.82, 2.24) is 9.55 Å². The Labute approximate surface area is 90.1 Å². The molecule has 0 unspecified atom stereocenters. The number of imidazole rings is 1. The van der Waals surface area contributed by atoms with Crippen LogP contribution in [0.5, 0.6) is 0 Å². The second-order valence-electron chi connectivity index (χ2n) is 4.29. The molecule has 2 rings (SSSR count). The summed E-state index contributed by atoms with van der Waals surface area (Å²) in [4.78, 5) is 4.55. The van der Waals surface area contributed by atoms with Crippen LogP contribution in [0.1, 0.15) is 19.4 Å². The van der Waals surface area contributed by atoms with Gasteiger partial charge in [-0.2, -0.15) is 0 Å². The van der Waals surface area contributed by atoms with E-state index in [2.05, 4.69) is 53.8 Å². The molecule has 0 aliphatic carbocycles. The van der Waals surface area contributed by atoms with E-state index in [4.69, 9.17) is 0 Å². The molecule has 0 aliphatic rings. The lowest BCUT2D eigenvalue weighted by Gasteiger charge is -2.08. The Balaban J connectivity index is 2.54. The van der Waals surface area contributed by atoms with Gasteiger partial charge in [0.1, 0.15) is 0 Å². The summed E-state index contributed by atoms with van der Waals surface area (Å²) in [6, 6.07) is 6.72. The molecule has 0 radical (unpaired) electrons. The molecule has 3 nitrogen and oxygen atoms in total. The van der Waals surface area contributed by atoms with Crippen LogP contribution >= 0.6 is 0 Å². The molecule has 1 aromatic heterocycles. The smallest absolute Gasteiger partial charge is 0.203 e. The van der Waals surface area contributed by atoms with Gasteiger partial charge < -0.3 is 9.88 Å². The van der Waals surface area contributed by atoms with Gasteiger partial charge >= 0.3 is 0 Å². The van der Waals surface area contributed by atoms with Crippen LogP contribution in [0.15, 0.2) is 18.2 Å². The van der Waals surface area contributed by atoms with Gasteiger partial charge in [-0.15, -0.1) is 0 Å². The Morgan fingerprint density at radius 2 is 2.07 bits per heavy atom. The van der Waals surface area contributed by atoms with E-state index in [9.17, 15) is 0 Å². The summed E-state index contributed by atoms with van der Waals surface area (Å²) in [5.74, 6) is 0.936. The minimum atomic E-state index is 0.404. The number of fused-ring (bicyclic) bond motifs is 1. The maximum Gasteiger partial charge on any atom is 0.203 e. The molecule has 0 spiro atoms. The van der Waals surface area contributed by atoms with Gasteiger partial charge in [-0.3, -0.25) is 0 Å². The number of benzene rings is 1. The molecule has 3 heteroatoms. The first-order valence-electron chi connectivity index (χ1n) is 5.27. The molecule has 2 aromatic rings. The third kappa shape index (κ3) is 1.82. The van der Waals surface area contributed by atoms with Gasteiger partial charge in [0.25, 0.3) is 0 Å². The first kappa shape index (κ1) is 10.0. The van der Waals surface area contributed by atoms with E-state index in [1.807, 2.05) is 7.05 Å². The molecule has 1 aromatic carbocycles. The summed E-state index contributed by atoms with van der Waals surface area (Å²) in [6.45, 7) is 6.33. The highest BCUT2D eigenvalue weighted by atomic mass is 15.2. The van der Waals surface area contributed by atoms with Crippen LogP contribution in [0.2, 0.25) is 0 Å². The number of aromatic nitrogens is 2. The van der Waals surface area contributed by atoms with Crippen LogP contribution < -0.4 is 5.32 Å². The molecular formula is C12H17N3. The lowest BCUT2D eigenvalue weighted by atomic mass is 10.2. The Kier molecular flexibility index (Phi) is 2.39. The minimum absolute atomic E-state index is 0.404. The van der Waals surface area contributed by atoms with E-state index in [1.165, 1.54) is 11.1 Å². The molecule has 0 fully saturated rings. The fraction of sp³-hybridized carbons (Fsp3) is 0.417. The fourth-order valence-corrected chi connectivity index (χ4v) is 1.69. The number of nitrogens with one attached hydrogen (secondary N) is 1. The van der Waals surface area contributed by atoms with Crippen molar-refractivity contribution >= 4 is 17.0 Å². The fourth-order valence-electron chi connectivity index (χ4n) is 1.69. The standard InChI is InChI=1S/C12H17N3/c1-8(2)13-12-14-10-6-5-9(3)7-11(10)15(12)4/h5-8H,1-4H3,(H,13,14). The number of hydrogen-bond donors (Lipinski definition) is 1. The van der Waals surface area contributed by atoms with Gasteiger partial charge in [0.15, 0.2) is 0 Å². The van der Waals surface area contributed by atoms with Gasteiger partial charge in [0.05, 0.1) is 11.0 Å². The monoisotopic (exact) mass is 203 g/mol. The van der Waals surface area contributed by atoms with Crippen molar-refractivity contribution in [2.45, 2.75) is 26.8 Å². The zero-order valence-corrected chi connectivity index (χ0v) is 9.70. The molecule has 0 amide bonds. The second-order valence-corrected chi connectivity index (χ2v) is 4.29. The molecule has 1 heterocycles. The van der Waals surface area contributed by atoms with Crippen molar-refractivity contribution in [1.29, 1.82) is 0 Å². The van der Waals surface area contributed by atoms with Gasteiger partial charge in [-0.05, 0) is 38.5 Å². The third-order valence-electron chi connectivity index (χ3n) is 2.45. The van der Waals surface area contributed by atoms with Crippen LogP contribution in [-0.2, 0) is 7.05 Å². The summed E-state index contributed by atoms with van der Waals surface area (Å²) in [5, 5.41) is 3.33. The molecule has 80 valence electrons. The quantitative estimate of drug-likeness (QED) is 0.813. The SMILES string of the molecule is Cc1ccc2nc(NC(C)C)n(C)c2c1. The van der Waals surface area contributed by atoms with E-state index in [1.54, 1.807) is 0 Å². The molecule has 0 atom stereocenters. The van der Waals surface area contributed by atoms with Crippen LogP contribution in [0.4, 0.5) is 5.95 Å². The Morgan fingerprint density at radius 1 is 1.33 bits per heavy atom. The summed E-state index contributed by atoms with van der Waals surface area (Å²) >= 11 is 0. The first-order valence-corrected chi connectivity index (χ1v) is 5.27. The summed E-state index contributed by atoms with van der Waals surface area (Å²) in [7, 11) is 2.04. The van der Waals surface area contributed by atoms with Crippen LogP contribution in [0.25, 0.3) is 11.0 Å². The Bertz CT molecular complexity index is 483. The van der Waals surface area contributed by atoms with Crippen molar-refractivity contribution in [2.24, 2.45) is 7.05 Å². The highest BCUT2D eigenvalue weighted by molar-refractivity contribution is 5.79. The van der Waals surface area contributed by atoms with E-state index < -0.39 is 0 Å². The van der Waals surface area contributed by atoms with Gasteiger partial charge in [0.2, 0.25) is 5.95 Å². The van der Waals surface area contributed by atoms with E-state index in [0.717, 1.165) is 11.5 Å². The zero-order valence-electron chi connectivity index (χ0n) is 9.70. The number of aryl methyl sites for hydroxylation is 2. The van der Waals surface area contributed by atoms with Crippen LogP contribution in [0.3, 0.4) is 0 Å². The predicted molar refractivity (Wildman–Crippen MR) is 64.2 cm³/mol. The normalized spacial score (nSPS) is 11.3. The lowest BCUT2D eigenvalue weighted by molar-refractivity contribution is 0.843. The highest BCUT2D eigenvalue weighted by Gasteiger charge is 2.07. The van der Waals surface area contributed by atoms with Crippen molar-refractivity contribution in [3.05, 3.63) is 23.8 Å². The number of rotatable bonds is 2. The van der Waals surface area contributed by atoms with E-state index in [0.29, 0.717) is 6.04 Å². The maximum atomic E-state index is 4.55. The third-order valence-corrected chi connectivity index (χ3v) is 2.45. The maximum absolute atomic E-state index is 4.55. The average Bonchev–Trinajstić information content (AvgIpc) is 2.44. The van der Waals surface area contributed by atoms with Crippen molar-refractivity contribution in [2.75, 3.05) is 5.32 Å². The molecule has 15 heavy (non-hydrogen) atoms. The lowest BCUT2D eigenvalue weighted by Crippen LogP contribution is -2.13. The van der Waals surface area contributed by atoms with Crippen LogP contribution in [-0.4, -0.2) is 15.6 Å². The number of nitrogens with zero attached hydrogens (tertiary/aromatic N) is 2. The molecule has 0 aliphatic heterocycles. The zero-order chi connectivity index (χ0) is 11.0. The Hall–Kier alpha value is -1.51. The summed E-state index contributed by atoms with van der Waals surface area (Å²) in [5.41, 5.74) is 3.49. The second kappa shape index (κ2) is 3.57. The van der Waals surface area contributed by atoms with E-state index in [-0.39, 0.29) is 0 Å². The molecule has 1 N–H and O–H groups in total. The first-order chi connectivity index (χ1) is 7.08. The average molecular weight is 203 g/mol. The van der Waals surface area contributed by atoms with Gasteiger partial charge in [0, 0.05) is 13.1 Å². The molecule has 0 saturated carbocycles. The largest absolute Gasteiger partial charge is 0.353 e. The van der Waals surface area contributed by atoms with Crippen molar-refractivity contribution in [3.63, 3.8) is 0 Å². The topological polar surface area (TPSA) is 29.9 Å². The highest BCUT2D eigenvalue weighted by Crippen LogP contribution is 2.19. The van der Waals surface area contributed by atoms with Crippen molar-refractivity contribution < 1.29 is 0 Å². The van der Waals surface area contributed by atoms with Crippen molar-refractivity contribution in [3.8, 4) is 0 Å². The van der Waals surface area contributed by atoms with Crippen LogP contribution in [0, 0.1) is 6.92 Å². The summed E-state index contributed by atoms with van der Waals surface area (Å²) in [6.07, 6.45) is 0. The van der Waals surface area contributed by atoms with Gasteiger partial charge in [-0.1, -0.05) is 6.07 Å². The van der Waals surface area contributed by atoms with Gasteiger partial charge in [-0.25, -0.2) is 4.98 Å². The number of anilines is 1. The van der Waals surface area contributed by atoms with E-state index >= 15 is 0 Å². The summed E-state index contributed by atoms with van der Waals surface area (Å²) < 4.78 is 2.10. The number of hydrogen-bond acceptors (Lipinski definition) is 2. The predicted octanol–water partition coefficient (Wildman–Crippen LogP) is 2.70. The molecule has 0 saturated heterocycles. The Morgan fingerprint density at radius 3 is 2.73 bits per heavy atom. The molecular weight excluding hydrogens is 186 g/mol. The molecule has 0 bridgehead atoms.